The van der Waals surface area contributed by atoms with Crippen LogP contribution < -0.4 is 5.32 Å². The van der Waals surface area contributed by atoms with Crippen molar-refractivity contribution in [2.24, 2.45) is 11.8 Å². The third-order valence-corrected chi connectivity index (χ3v) is 5.55. The Labute approximate surface area is 170 Å². The van der Waals surface area contributed by atoms with Gasteiger partial charge in [-0.15, -0.1) is 0 Å². The topological polar surface area (TPSA) is 71.1 Å². The van der Waals surface area contributed by atoms with Gasteiger partial charge in [-0.1, -0.05) is 6.92 Å². The van der Waals surface area contributed by atoms with Gasteiger partial charge in [0.1, 0.15) is 5.60 Å². The third kappa shape index (κ3) is 7.95. The summed E-state index contributed by atoms with van der Waals surface area (Å²) in [5, 5.41) is 3.14. The van der Waals surface area contributed by atoms with Crippen LogP contribution in [0.3, 0.4) is 0 Å². The highest BCUT2D eigenvalue weighted by Gasteiger charge is 2.30. The minimum atomic E-state index is -0.461. The van der Waals surface area contributed by atoms with E-state index < -0.39 is 5.60 Å². The highest BCUT2D eigenvalue weighted by atomic mass is 16.6. The molecule has 7 heteroatoms. The van der Waals surface area contributed by atoms with Crippen molar-refractivity contribution in [1.82, 2.24) is 15.1 Å². The van der Waals surface area contributed by atoms with Crippen molar-refractivity contribution in [3.05, 3.63) is 0 Å². The van der Waals surface area contributed by atoms with Gasteiger partial charge in [0.25, 0.3) is 0 Å². The van der Waals surface area contributed by atoms with Crippen LogP contribution in [0.2, 0.25) is 0 Å². The van der Waals surface area contributed by atoms with Crippen LogP contribution in [0, 0.1) is 11.8 Å². The number of ether oxygens (including phenoxy) is 2. The van der Waals surface area contributed by atoms with E-state index in [-0.39, 0.29) is 18.0 Å². The van der Waals surface area contributed by atoms with Crippen molar-refractivity contribution in [2.45, 2.75) is 65.5 Å². The molecule has 162 valence electrons. The minimum Gasteiger partial charge on any atom is -0.444 e. The van der Waals surface area contributed by atoms with Crippen molar-refractivity contribution >= 4 is 12.0 Å². The number of nitrogens with zero attached hydrogens (tertiary/aromatic N) is 2. The number of piperidine rings is 1. The molecule has 0 aliphatic carbocycles. The molecule has 2 aliphatic rings. The van der Waals surface area contributed by atoms with Gasteiger partial charge in [-0.05, 0) is 52.4 Å². The van der Waals surface area contributed by atoms with Crippen molar-refractivity contribution in [2.75, 3.05) is 45.9 Å². The third-order valence-electron chi connectivity index (χ3n) is 5.55. The zero-order chi connectivity index (χ0) is 20.7. The molecule has 2 fully saturated rings. The second-order valence-corrected chi connectivity index (χ2v) is 9.37. The van der Waals surface area contributed by atoms with E-state index in [1.54, 1.807) is 4.90 Å². The number of amides is 2. The lowest BCUT2D eigenvalue weighted by atomic mass is 9.83. The van der Waals surface area contributed by atoms with E-state index in [0.29, 0.717) is 31.3 Å². The molecule has 28 heavy (non-hydrogen) atoms. The smallest absolute Gasteiger partial charge is 0.410 e. The van der Waals surface area contributed by atoms with E-state index in [1.807, 2.05) is 20.8 Å². The highest BCUT2D eigenvalue weighted by molar-refractivity contribution is 5.76. The fourth-order valence-electron chi connectivity index (χ4n) is 3.99. The number of likely N-dealkylation sites (tertiary alicyclic amines) is 1. The van der Waals surface area contributed by atoms with Gasteiger partial charge in [0.15, 0.2) is 0 Å². The maximum Gasteiger partial charge on any atom is 0.410 e. The molecule has 0 aromatic rings. The number of rotatable bonds is 6. The van der Waals surface area contributed by atoms with Gasteiger partial charge < -0.3 is 19.7 Å². The molecule has 0 saturated carbocycles. The summed E-state index contributed by atoms with van der Waals surface area (Å²) in [6.07, 6.45) is 2.17. The molecule has 2 amide bonds. The Morgan fingerprint density at radius 3 is 2.29 bits per heavy atom. The van der Waals surface area contributed by atoms with Crippen LogP contribution in [-0.4, -0.2) is 79.4 Å². The maximum atomic E-state index is 12.4. The first-order chi connectivity index (χ1) is 13.1. The molecular weight excluding hydrogens is 358 g/mol. The minimum absolute atomic E-state index is 0.128. The fraction of sp³-hybridized carbons (Fsp3) is 0.905. The molecule has 2 rings (SSSR count). The van der Waals surface area contributed by atoms with E-state index in [1.165, 1.54) is 0 Å². The average molecular weight is 398 g/mol. The zero-order valence-electron chi connectivity index (χ0n) is 18.3. The lowest BCUT2D eigenvalue weighted by molar-refractivity contribution is -0.123. The van der Waals surface area contributed by atoms with E-state index >= 15 is 0 Å². The Hall–Kier alpha value is -1.34. The molecule has 0 unspecified atom stereocenters. The molecule has 2 heterocycles. The van der Waals surface area contributed by atoms with E-state index in [4.69, 9.17) is 9.47 Å². The lowest BCUT2D eigenvalue weighted by Crippen LogP contribution is -2.46. The molecular formula is C21H39N3O4. The molecule has 2 aliphatic heterocycles. The van der Waals surface area contributed by atoms with E-state index in [0.717, 1.165) is 45.7 Å². The van der Waals surface area contributed by atoms with Gasteiger partial charge in [-0.25, -0.2) is 4.79 Å². The molecule has 7 nitrogen and oxygen atoms in total. The van der Waals surface area contributed by atoms with Gasteiger partial charge in [0.2, 0.25) is 5.91 Å². The number of hydrogen-bond acceptors (Lipinski definition) is 5. The van der Waals surface area contributed by atoms with E-state index in [9.17, 15) is 9.59 Å². The Kier molecular flexibility index (Phi) is 8.56. The number of morpholine rings is 1. The second-order valence-electron chi connectivity index (χ2n) is 9.37. The second kappa shape index (κ2) is 10.4. The summed E-state index contributed by atoms with van der Waals surface area (Å²) in [5.74, 6) is 0.915. The Bertz CT molecular complexity index is 506. The highest BCUT2D eigenvalue weighted by Crippen LogP contribution is 2.28. The van der Waals surface area contributed by atoms with Gasteiger partial charge >= 0.3 is 6.09 Å². The summed E-state index contributed by atoms with van der Waals surface area (Å²) < 4.78 is 10.8. The summed E-state index contributed by atoms with van der Waals surface area (Å²) in [6.45, 7) is 15.6. The van der Waals surface area contributed by atoms with Crippen molar-refractivity contribution in [3.63, 3.8) is 0 Å². The van der Waals surface area contributed by atoms with Crippen molar-refractivity contribution < 1.29 is 19.1 Å². The lowest BCUT2D eigenvalue weighted by Gasteiger charge is -2.35. The fourth-order valence-corrected chi connectivity index (χ4v) is 3.99. The zero-order valence-corrected chi connectivity index (χ0v) is 18.3. The maximum absolute atomic E-state index is 12.4. The van der Waals surface area contributed by atoms with Crippen molar-refractivity contribution in [3.8, 4) is 0 Å². The Balaban J connectivity index is 1.67. The van der Waals surface area contributed by atoms with Crippen LogP contribution >= 0.6 is 0 Å². The van der Waals surface area contributed by atoms with Crippen LogP contribution in [-0.2, 0) is 14.3 Å². The first kappa shape index (κ1) is 22.9. The quantitative estimate of drug-likeness (QED) is 0.746. The number of hydrogen-bond donors (Lipinski definition) is 1. The predicted molar refractivity (Wildman–Crippen MR) is 109 cm³/mol. The van der Waals surface area contributed by atoms with Gasteiger partial charge in [0, 0.05) is 45.2 Å². The molecule has 2 atom stereocenters. The van der Waals surface area contributed by atoms with Crippen LogP contribution in [0.5, 0.6) is 0 Å². The van der Waals surface area contributed by atoms with Crippen LogP contribution in [0.1, 0.15) is 53.9 Å². The summed E-state index contributed by atoms with van der Waals surface area (Å²) >= 11 is 0. The standard InChI is InChI=1S/C21H39N3O4/c1-16(14-19(25)22-17(2)15-23-10-12-27-13-11-23)18-6-8-24(9-7-18)20(26)28-21(3,4)5/h16-18H,6-15H2,1-5H3,(H,22,25)/t16-,17+/m0/s1. The SMILES string of the molecule is C[C@H](CN1CCOCC1)NC(=O)C[C@H](C)C1CCN(C(=O)OC(C)(C)C)CC1. The van der Waals surface area contributed by atoms with Crippen LogP contribution in [0.15, 0.2) is 0 Å². The molecule has 0 aromatic heterocycles. The largest absolute Gasteiger partial charge is 0.444 e. The summed E-state index contributed by atoms with van der Waals surface area (Å²) in [5.41, 5.74) is -0.461. The normalized spacial score (nSPS) is 21.8. The first-order valence-corrected chi connectivity index (χ1v) is 10.7. The van der Waals surface area contributed by atoms with Gasteiger partial charge in [-0.3, -0.25) is 9.69 Å². The van der Waals surface area contributed by atoms with Crippen LogP contribution in [0.4, 0.5) is 4.79 Å². The molecule has 0 radical (unpaired) electrons. The number of nitrogens with one attached hydrogen (secondary N) is 1. The summed E-state index contributed by atoms with van der Waals surface area (Å²) in [4.78, 5) is 28.7. The predicted octanol–water partition coefficient (Wildman–Crippen LogP) is 2.50. The Morgan fingerprint density at radius 1 is 1.11 bits per heavy atom. The summed E-state index contributed by atoms with van der Waals surface area (Å²) in [6, 6.07) is 0.145. The van der Waals surface area contributed by atoms with Crippen LogP contribution in [0.25, 0.3) is 0 Å². The Morgan fingerprint density at radius 2 is 1.71 bits per heavy atom. The molecule has 2 saturated heterocycles. The first-order valence-electron chi connectivity index (χ1n) is 10.7. The van der Waals surface area contributed by atoms with Gasteiger partial charge in [-0.2, -0.15) is 0 Å². The molecule has 0 aromatic carbocycles. The molecule has 0 spiro atoms. The molecule has 0 bridgehead atoms. The monoisotopic (exact) mass is 397 g/mol. The van der Waals surface area contributed by atoms with Crippen molar-refractivity contribution in [1.29, 1.82) is 0 Å². The molecule has 1 N–H and O–H groups in total. The number of carbonyl (C=O) groups excluding carboxylic acids is 2. The summed E-state index contributed by atoms with van der Waals surface area (Å²) in [7, 11) is 0. The average Bonchev–Trinajstić information content (AvgIpc) is 2.61. The van der Waals surface area contributed by atoms with Gasteiger partial charge in [0.05, 0.1) is 13.2 Å². The van der Waals surface area contributed by atoms with E-state index in [2.05, 4.69) is 24.1 Å². The number of carbonyl (C=O) groups is 2.